The van der Waals surface area contributed by atoms with Crippen LogP contribution in [0.25, 0.3) is 22.5 Å². The molecule has 2 heterocycles. The molecule has 0 unspecified atom stereocenters. The fourth-order valence-corrected chi connectivity index (χ4v) is 8.06. The van der Waals surface area contributed by atoms with Gasteiger partial charge in [-0.25, -0.2) is 17.8 Å². The van der Waals surface area contributed by atoms with Gasteiger partial charge in [-0.15, -0.1) is 0 Å². The summed E-state index contributed by atoms with van der Waals surface area (Å²) in [6.45, 7) is 14.3. The SMILES string of the molecule is CCCCN(CCCC)C(=O)c1nn(-c2ccc(C(=O)NS(=O)(=O)c3ccc4ccccc4c3)cc2C(=O)N2CCc3ccccc3C2)c(C)c1/C=C/C(C)(C)C. The van der Waals surface area contributed by atoms with E-state index >= 15 is 0 Å². The van der Waals surface area contributed by atoms with E-state index in [-0.39, 0.29) is 38.9 Å². The summed E-state index contributed by atoms with van der Waals surface area (Å²) in [5.74, 6) is -1.39. The number of benzene rings is 4. The van der Waals surface area contributed by atoms with Crippen LogP contribution in [0.1, 0.15) is 114 Å². The van der Waals surface area contributed by atoms with Crippen LogP contribution >= 0.6 is 0 Å². The molecule has 298 valence electrons. The van der Waals surface area contributed by atoms with Gasteiger partial charge in [0, 0.05) is 43.0 Å². The van der Waals surface area contributed by atoms with Gasteiger partial charge >= 0.3 is 0 Å². The van der Waals surface area contributed by atoms with Crippen LogP contribution in [0.15, 0.2) is 95.9 Å². The zero-order valence-electron chi connectivity index (χ0n) is 33.8. The molecule has 0 atom stereocenters. The fourth-order valence-electron chi connectivity index (χ4n) is 7.05. The molecule has 1 aromatic heterocycles. The average molecular weight is 788 g/mol. The molecule has 0 bridgehead atoms. The number of hydrogen-bond donors (Lipinski definition) is 1. The molecule has 1 N–H and O–H groups in total. The van der Waals surface area contributed by atoms with Crippen LogP contribution in [-0.2, 0) is 23.0 Å². The summed E-state index contributed by atoms with van der Waals surface area (Å²) >= 11 is 0. The Balaban J connectivity index is 1.45. The van der Waals surface area contributed by atoms with E-state index in [9.17, 15) is 22.8 Å². The number of carbonyl (C=O) groups is 3. The lowest BCUT2D eigenvalue weighted by atomic mass is 9.95. The monoisotopic (exact) mass is 787 g/mol. The molecule has 1 aliphatic rings. The second-order valence-electron chi connectivity index (χ2n) is 15.9. The first-order valence-corrected chi connectivity index (χ1v) is 21.3. The highest BCUT2D eigenvalue weighted by Crippen LogP contribution is 2.29. The molecule has 1 aliphatic heterocycles. The van der Waals surface area contributed by atoms with Crippen LogP contribution in [-0.4, -0.2) is 65.4 Å². The third-order valence-corrected chi connectivity index (χ3v) is 11.7. The van der Waals surface area contributed by atoms with Crippen molar-refractivity contribution in [1.82, 2.24) is 24.3 Å². The lowest BCUT2D eigenvalue weighted by Gasteiger charge is -2.29. The first kappa shape index (κ1) is 41.1. The van der Waals surface area contributed by atoms with Gasteiger partial charge in [-0.2, -0.15) is 5.10 Å². The van der Waals surface area contributed by atoms with Gasteiger partial charge in [-0.1, -0.05) is 114 Å². The predicted octanol–water partition coefficient (Wildman–Crippen LogP) is 8.75. The van der Waals surface area contributed by atoms with Crippen molar-refractivity contribution in [2.75, 3.05) is 19.6 Å². The normalized spacial score (nSPS) is 13.2. The molecule has 0 saturated heterocycles. The Bertz CT molecular complexity index is 2430. The largest absolute Gasteiger partial charge is 0.337 e. The number of aromatic nitrogens is 2. The van der Waals surface area contributed by atoms with E-state index in [1.54, 1.807) is 27.8 Å². The van der Waals surface area contributed by atoms with Crippen molar-refractivity contribution in [2.45, 2.75) is 85.1 Å². The molecular formula is C46H53N5O5S. The van der Waals surface area contributed by atoms with Crippen LogP contribution in [0.2, 0.25) is 0 Å². The quantitative estimate of drug-likeness (QED) is 0.127. The minimum absolute atomic E-state index is 0.0110. The first-order chi connectivity index (χ1) is 27.2. The molecule has 0 spiro atoms. The number of nitrogens with zero attached hydrogens (tertiary/aromatic N) is 4. The number of fused-ring (bicyclic) bond motifs is 2. The lowest BCUT2D eigenvalue weighted by Crippen LogP contribution is -2.37. The Morgan fingerprint density at radius 3 is 2.21 bits per heavy atom. The van der Waals surface area contributed by atoms with Gasteiger partial charge in [0.05, 0.1) is 16.1 Å². The molecule has 0 aliphatic carbocycles. The third kappa shape index (κ3) is 9.37. The predicted molar refractivity (Wildman–Crippen MR) is 226 cm³/mol. The van der Waals surface area contributed by atoms with E-state index < -0.39 is 15.9 Å². The fraction of sp³-hybridized carbons (Fsp3) is 0.348. The highest BCUT2D eigenvalue weighted by Gasteiger charge is 2.30. The Kier molecular flexibility index (Phi) is 12.5. The van der Waals surface area contributed by atoms with E-state index in [0.717, 1.165) is 42.0 Å². The number of allylic oxidation sites excluding steroid dienone is 1. The summed E-state index contributed by atoms with van der Waals surface area (Å²) in [6, 6.07) is 24.6. The molecule has 0 radical (unpaired) electrons. The Morgan fingerprint density at radius 1 is 0.860 bits per heavy atom. The van der Waals surface area contributed by atoms with Gasteiger partial charge in [0.25, 0.3) is 27.7 Å². The zero-order chi connectivity index (χ0) is 40.9. The number of sulfonamides is 1. The average Bonchev–Trinajstić information content (AvgIpc) is 3.53. The van der Waals surface area contributed by atoms with Gasteiger partial charge in [-0.3, -0.25) is 14.4 Å². The number of rotatable bonds is 13. The van der Waals surface area contributed by atoms with Crippen LogP contribution in [0.3, 0.4) is 0 Å². The Morgan fingerprint density at radius 2 is 1.53 bits per heavy atom. The molecule has 10 nitrogen and oxygen atoms in total. The lowest BCUT2D eigenvalue weighted by molar-refractivity contribution is 0.0732. The number of nitrogens with one attached hydrogen (secondary N) is 1. The van der Waals surface area contributed by atoms with Gasteiger partial charge in [0.1, 0.15) is 0 Å². The molecule has 11 heteroatoms. The van der Waals surface area contributed by atoms with Crippen molar-refractivity contribution in [1.29, 1.82) is 0 Å². The molecule has 3 amide bonds. The summed E-state index contributed by atoms with van der Waals surface area (Å²) in [5.41, 5.74) is 4.14. The summed E-state index contributed by atoms with van der Waals surface area (Å²) in [6.07, 6.45) is 8.24. The second-order valence-corrected chi connectivity index (χ2v) is 17.6. The minimum Gasteiger partial charge on any atom is -0.337 e. The van der Waals surface area contributed by atoms with Gasteiger partial charge < -0.3 is 9.80 Å². The smallest absolute Gasteiger partial charge is 0.275 e. The van der Waals surface area contributed by atoms with E-state index in [4.69, 9.17) is 5.10 Å². The Hall–Kier alpha value is -5.55. The van der Waals surface area contributed by atoms with Crippen molar-refractivity contribution < 1.29 is 22.8 Å². The summed E-state index contributed by atoms with van der Waals surface area (Å²) in [4.78, 5) is 46.4. The van der Waals surface area contributed by atoms with Crippen LogP contribution in [0.4, 0.5) is 0 Å². The van der Waals surface area contributed by atoms with Crippen molar-refractivity contribution in [3.05, 3.63) is 130 Å². The third-order valence-electron chi connectivity index (χ3n) is 10.4. The van der Waals surface area contributed by atoms with Crippen LogP contribution < -0.4 is 4.72 Å². The van der Waals surface area contributed by atoms with Crippen molar-refractivity contribution >= 4 is 44.6 Å². The molecule has 0 fully saturated rings. The summed E-state index contributed by atoms with van der Waals surface area (Å²) in [5, 5.41) is 6.53. The Labute approximate surface area is 336 Å². The minimum atomic E-state index is -4.27. The number of hydrogen-bond acceptors (Lipinski definition) is 6. The topological polar surface area (TPSA) is 122 Å². The first-order valence-electron chi connectivity index (χ1n) is 19.8. The maximum Gasteiger partial charge on any atom is 0.275 e. The molecular weight excluding hydrogens is 735 g/mol. The van der Waals surface area contributed by atoms with Crippen LogP contribution in [0, 0.1) is 12.3 Å². The van der Waals surface area contributed by atoms with Crippen LogP contribution in [0.5, 0.6) is 0 Å². The van der Waals surface area contributed by atoms with E-state index in [1.807, 2.05) is 60.4 Å². The van der Waals surface area contributed by atoms with E-state index in [1.165, 1.54) is 29.8 Å². The second kappa shape index (κ2) is 17.3. The number of carbonyl (C=O) groups excluding carboxylic acids is 3. The van der Waals surface area contributed by atoms with Crippen molar-refractivity contribution in [2.24, 2.45) is 5.41 Å². The highest BCUT2D eigenvalue weighted by molar-refractivity contribution is 7.90. The van der Waals surface area contributed by atoms with Gasteiger partial charge in [0.15, 0.2) is 5.69 Å². The molecule has 0 saturated carbocycles. The molecule has 6 rings (SSSR count). The van der Waals surface area contributed by atoms with Crippen molar-refractivity contribution in [3.63, 3.8) is 0 Å². The van der Waals surface area contributed by atoms with Gasteiger partial charge in [-0.05, 0) is 83.8 Å². The van der Waals surface area contributed by atoms with Crippen molar-refractivity contribution in [3.8, 4) is 5.69 Å². The van der Waals surface area contributed by atoms with Gasteiger partial charge in [0.2, 0.25) is 0 Å². The maximum atomic E-state index is 14.7. The zero-order valence-corrected chi connectivity index (χ0v) is 34.7. The maximum absolute atomic E-state index is 14.7. The standard InChI is InChI=1S/C46H53N5O5S/c1-7-9-26-49(27-10-8-2)45(54)42-39(23-25-46(4,5)6)32(3)51(47-42)41-22-20-36(30-40(41)44(53)50-28-24-34-16-12-14-18-37(34)31-50)43(52)48-57(55,56)38-21-19-33-15-11-13-17-35(33)29-38/h11-23,25,29-30H,7-10,24,26-28,31H2,1-6H3,(H,48,52)/b25-23+. The summed E-state index contributed by atoms with van der Waals surface area (Å²) < 4.78 is 30.9. The number of unbranched alkanes of at least 4 members (excludes halogenated alkanes) is 2. The molecule has 5 aromatic rings. The van der Waals surface area contributed by atoms with E-state index in [0.29, 0.717) is 49.5 Å². The molecule has 57 heavy (non-hydrogen) atoms. The molecule has 4 aromatic carbocycles. The van der Waals surface area contributed by atoms with E-state index in [2.05, 4.69) is 45.4 Å². The number of amides is 3. The highest BCUT2D eigenvalue weighted by atomic mass is 32.2. The summed E-state index contributed by atoms with van der Waals surface area (Å²) in [7, 11) is -4.27.